The highest BCUT2D eigenvalue weighted by Crippen LogP contribution is 2.42. The SMILES string of the molecule is CCCC1CCC(C#N)C(Sc2ccccc2Cl)C1. The lowest BCUT2D eigenvalue weighted by atomic mass is 9.80. The van der Waals surface area contributed by atoms with Crippen molar-refractivity contribution in [2.45, 2.75) is 49.2 Å². The quantitative estimate of drug-likeness (QED) is 0.727. The molecule has 0 heterocycles. The fourth-order valence-electron chi connectivity index (χ4n) is 2.86. The first kappa shape index (κ1) is 14.8. The molecule has 3 heteroatoms. The van der Waals surface area contributed by atoms with E-state index in [1.165, 1.54) is 19.3 Å². The number of thioether (sulfide) groups is 1. The average Bonchev–Trinajstić information content (AvgIpc) is 2.42. The molecule has 0 N–H and O–H groups in total. The van der Waals surface area contributed by atoms with Crippen LogP contribution in [-0.4, -0.2) is 5.25 Å². The van der Waals surface area contributed by atoms with Crippen molar-refractivity contribution >= 4 is 23.4 Å². The number of benzene rings is 1. The first-order valence-electron chi connectivity index (χ1n) is 7.05. The van der Waals surface area contributed by atoms with Gasteiger partial charge < -0.3 is 0 Å². The Balaban J connectivity index is 2.07. The van der Waals surface area contributed by atoms with E-state index in [1.807, 2.05) is 18.2 Å². The molecule has 0 bridgehead atoms. The minimum absolute atomic E-state index is 0.175. The summed E-state index contributed by atoms with van der Waals surface area (Å²) in [6.07, 6.45) is 5.94. The second kappa shape index (κ2) is 7.22. The fourth-order valence-corrected chi connectivity index (χ4v) is 4.53. The van der Waals surface area contributed by atoms with Crippen LogP contribution in [0.5, 0.6) is 0 Å². The molecule has 19 heavy (non-hydrogen) atoms. The summed E-state index contributed by atoms with van der Waals surface area (Å²) in [4.78, 5) is 1.12. The lowest BCUT2D eigenvalue weighted by Crippen LogP contribution is -2.26. The summed E-state index contributed by atoms with van der Waals surface area (Å²) < 4.78 is 0. The molecule has 1 saturated carbocycles. The van der Waals surface area contributed by atoms with E-state index in [0.29, 0.717) is 5.25 Å². The second-order valence-corrected chi connectivity index (χ2v) is 6.98. The summed E-state index contributed by atoms with van der Waals surface area (Å²) in [5, 5.41) is 10.5. The standard InChI is InChI=1S/C16H20ClNS/c1-2-5-12-8-9-13(11-18)16(10-12)19-15-7-4-3-6-14(15)17/h3-4,6-7,12-13,16H,2,5,8-10H2,1H3. The van der Waals surface area contributed by atoms with Gasteiger partial charge in [-0.25, -0.2) is 0 Å². The molecule has 1 nitrogen and oxygen atoms in total. The smallest absolute Gasteiger partial charge is 0.0667 e. The highest BCUT2D eigenvalue weighted by Gasteiger charge is 2.31. The molecule has 1 aromatic rings. The molecule has 1 aromatic carbocycles. The number of nitriles is 1. The summed E-state index contributed by atoms with van der Waals surface area (Å²) in [5.41, 5.74) is 0. The highest BCUT2D eigenvalue weighted by atomic mass is 35.5. The van der Waals surface area contributed by atoms with Crippen LogP contribution in [0.4, 0.5) is 0 Å². The normalized spacial score (nSPS) is 26.9. The maximum atomic E-state index is 9.33. The maximum absolute atomic E-state index is 9.33. The summed E-state index contributed by atoms with van der Waals surface area (Å²) in [6, 6.07) is 10.5. The van der Waals surface area contributed by atoms with Gasteiger partial charge in [-0.2, -0.15) is 5.26 Å². The van der Waals surface area contributed by atoms with E-state index in [2.05, 4.69) is 19.1 Å². The largest absolute Gasteiger partial charge is 0.198 e. The minimum atomic E-state index is 0.175. The zero-order valence-corrected chi connectivity index (χ0v) is 12.9. The summed E-state index contributed by atoms with van der Waals surface area (Å²) in [5.74, 6) is 0.962. The molecule has 0 saturated heterocycles. The van der Waals surface area contributed by atoms with Crippen LogP contribution in [0.1, 0.15) is 39.0 Å². The third kappa shape index (κ3) is 3.91. The van der Waals surface area contributed by atoms with Gasteiger partial charge in [-0.05, 0) is 37.3 Å². The van der Waals surface area contributed by atoms with E-state index < -0.39 is 0 Å². The van der Waals surface area contributed by atoms with Gasteiger partial charge >= 0.3 is 0 Å². The molecule has 102 valence electrons. The molecular weight excluding hydrogens is 274 g/mol. The Labute approximate surface area is 125 Å². The molecule has 0 aliphatic heterocycles. The first-order chi connectivity index (χ1) is 9.24. The Kier molecular flexibility index (Phi) is 5.60. The van der Waals surface area contributed by atoms with Gasteiger partial charge in [-0.3, -0.25) is 0 Å². The third-order valence-electron chi connectivity index (χ3n) is 3.88. The lowest BCUT2D eigenvalue weighted by molar-refractivity contribution is 0.307. The predicted octanol–water partition coefficient (Wildman–Crippen LogP) is 5.54. The van der Waals surface area contributed by atoms with Gasteiger partial charge in [0.05, 0.1) is 17.0 Å². The predicted molar refractivity (Wildman–Crippen MR) is 82.4 cm³/mol. The molecular formula is C16H20ClNS. The summed E-state index contributed by atoms with van der Waals surface area (Å²) >= 11 is 8.03. The molecule has 0 spiro atoms. The van der Waals surface area contributed by atoms with Gasteiger partial charge in [0.1, 0.15) is 0 Å². The number of halogens is 1. The second-order valence-electron chi connectivity index (χ2n) is 5.29. The van der Waals surface area contributed by atoms with E-state index in [9.17, 15) is 5.26 Å². The monoisotopic (exact) mass is 293 g/mol. The summed E-state index contributed by atoms with van der Waals surface area (Å²) in [7, 11) is 0. The van der Waals surface area contributed by atoms with Crippen LogP contribution >= 0.6 is 23.4 Å². The van der Waals surface area contributed by atoms with Gasteiger partial charge in [0.25, 0.3) is 0 Å². The zero-order chi connectivity index (χ0) is 13.7. The van der Waals surface area contributed by atoms with Gasteiger partial charge in [-0.15, -0.1) is 11.8 Å². The zero-order valence-electron chi connectivity index (χ0n) is 11.3. The first-order valence-corrected chi connectivity index (χ1v) is 8.31. The van der Waals surface area contributed by atoms with Crippen LogP contribution in [0.3, 0.4) is 0 Å². The van der Waals surface area contributed by atoms with Gasteiger partial charge in [0, 0.05) is 10.1 Å². The minimum Gasteiger partial charge on any atom is -0.198 e. The molecule has 3 atom stereocenters. The van der Waals surface area contributed by atoms with E-state index in [1.54, 1.807) is 11.8 Å². The molecule has 2 rings (SSSR count). The van der Waals surface area contributed by atoms with Crippen molar-refractivity contribution in [3.05, 3.63) is 29.3 Å². The lowest BCUT2D eigenvalue weighted by Gasteiger charge is -2.32. The number of hydrogen-bond acceptors (Lipinski definition) is 2. The third-order valence-corrected chi connectivity index (χ3v) is 5.75. The highest BCUT2D eigenvalue weighted by molar-refractivity contribution is 8.00. The summed E-state index contributed by atoms with van der Waals surface area (Å²) in [6.45, 7) is 2.24. The van der Waals surface area contributed by atoms with E-state index in [0.717, 1.165) is 28.7 Å². The molecule has 0 aromatic heterocycles. The van der Waals surface area contributed by atoms with Gasteiger partial charge in [0.2, 0.25) is 0 Å². The van der Waals surface area contributed by atoms with E-state index in [4.69, 9.17) is 11.6 Å². The van der Waals surface area contributed by atoms with Crippen LogP contribution in [0.15, 0.2) is 29.2 Å². The molecule has 1 aliphatic carbocycles. The van der Waals surface area contributed by atoms with Crippen molar-refractivity contribution < 1.29 is 0 Å². The van der Waals surface area contributed by atoms with Crippen molar-refractivity contribution in [2.75, 3.05) is 0 Å². The molecule has 0 radical (unpaired) electrons. The fraction of sp³-hybridized carbons (Fsp3) is 0.562. The van der Waals surface area contributed by atoms with Crippen molar-refractivity contribution in [1.29, 1.82) is 5.26 Å². The molecule has 3 unspecified atom stereocenters. The average molecular weight is 294 g/mol. The van der Waals surface area contributed by atoms with Crippen molar-refractivity contribution in [2.24, 2.45) is 11.8 Å². The Hall–Kier alpha value is -0.650. The van der Waals surface area contributed by atoms with E-state index >= 15 is 0 Å². The van der Waals surface area contributed by atoms with E-state index in [-0.39, 0.29) is 5.92 Å². The molecule has 0 amide bonds. The number of rotatable bonds is 4. The van der Waals surface area contributed by atoms with Crippen molar-refractivity contribution in [3.63, 3.8) is 0 Å². The Morgan fingerprint density at radius 1 is 1.37 bits per heavy atom. The van der Waals surface area contributed by atoms with Crippen LogP contribution in [0, 0.1) is 23.2 Å². The van der Waals surface area contributed by atoms with Crippen molar-refractivity contribution in [3.8, 4) is 6.07 Å². The van der Waals surface area contributed by atoms with Crippen LogP contribution < -0.4 is 0 Å². The Bertz CT molecular complexity index is 454. The molecule has 1 aliphatic rings. The number of hydrogen-bond donors (Lipinski definition) is 0. The molecule has 1 fully saturated rings. The Morgan fingerprint density at radius 3 is 2.84 bits per heavy atom. The maximum Gasteiger partial charge on any atom is 0.0667 e. The van der Waals surface area contributed by atoms with Crippen LogP contribution in [0.25, 0.3) is 0 Å². The van der Waals surface area contributed by atoms with Crippen LogP contribution in [0.2, 0.25) is 5.02 Å². The van der Waals surface area contributed by atoms with Gasteiger partial charge in [0.15, 0.2) is 0 Å². The van der Waals surface area contributed by atoms with Crippen molar-refractivity contribution in [1.82, 2.24) is 0 Å². The topological polar surface area (TPSA) is 23.8 Å². The van der Waals surface area contributed by atoms with Crippen LogP contribution in [-0.2, 0) is 0 Å². The number of nitrogens with zero attached hydrogens (tertiary/aromatic N) is 1. The van der Waals surface area contributed by atoms with Gasteiger partial charge in [-0.1, -0.05) is 43.5 Å². The Morgan fingerprint density at radius 2 is 2.16 bits per heavy atom.